The molecule has 0 aliphatic heterocycles. The summed E-state index contributed by atoms with van der Waals surface area (Å²) in [5, 5.41) is 11.2. The Balaban J connectivity index is 2.35. The predicted molar refractivity (Wildman–Crippen MR) is 66.3 cm³/mol. The topological polar surface area (TPSA) is 75.6 Å². The Bertz CT molecular complexity index is 417. The van der Waals surface area contributed by atoms with E-state index in [9.17, 15) is 9.59 Å². The molecule has 5 heteroatoms. The highest BCUT2D eigenvalue weighted by molar-refractivity contribution is 5.76. The van der Waals surface area contributed by atoms with Crippen LogP contribution in [0.15, 0.2) is 24.3 Å². The summed E-state index contributed by atoms with van der Waals surface area (Å²) < 4.78 is 5.16. The number of methoxy groups -OCH3 is 1. The first kappa shape index (κ1) is 14.0. The van der Waals surface area contributed by atoms with E-state index in [4.69, 9.17) is 9.84 Å². The molecule has 1 aromatic carbocycles. The van der Waals surface area contributed by atoms with E-state index in [1.165, 1.54) is 0 Å². The first-order chi connectivity index (χ1) is 8.63. The van der Waals surface area contributed by atoms with Crippen molar-refractivity contribution in [1.29, 1.82) is 0 Å². The number of aliphatic carboxylic acids is 1. The normalized spacial score (nSPS) is 9.83. The number of rotatable bonds is 7. The van der Waals surface area contributed by atoms with Gasteiger partial charge in [0.1, 0.15) is 5.75 Å². The summed E-state index contributed by atoms with van der Waals surface area (Å²) in [5.41, 5.74) is 0.895. The van der Waals surface area contributed by atoms with Crippen LogP contribution < -0.4 is 10.1 Å². The molecule has 0 heterocycles. The second-order valence-corrected chi connectivity index (χ2v) is 3.84. The third-order valence-electron chi connectivity index (χ3n) is 2.46. The first-order valence-corrected chi connectivity index (χ1v) is 5.74. The van der Waals surface area contributed by atoms with Crippen molar-refractivity contribution in [2.75, 3.05) is 7.11 Å². The summed E-state index contributed by atoms with van der Waals surface area (Å²) >= 11 is 0. The second kappa shape index (κ2) is 7.32. The molecule has 1 aromatic rings. The van der Waals surface area contributed by atoms with Gasteiger partial charge in [0.25, 0.3) is 0 Å². The van der Waals surface area contributed by atoms with Crippen LogP contribution in [-0.2, 0) is 16.1 Å². The van der Waals surface area contributed by atoms with Gasteiger partial charge in [-0.25, -0.2) is 0 Å². The molecule has 2 N–H and O–H groups in total. The fraction of sp³-hybridized carbons (Fsp3) is 0.385. The predicted octanol–water partition coefficient (Wildman–Crippen LogP) is 1.57. The average molecular weight is 251 g/mol. The number of benzene rings is 1. The molecule has 98 valence electrons. The molecule has 1 amide bonds. The van der Waals surface area contributed by atoms with Crippen LogP contribution >= 0.6 is 0 Å². The van der Waals surface area contributed by atoms with E-state index in [2.05, 4.69) is 5.32 Å². The number of hydrogen-bond acceptors (Lipinski definition) is 3. The van der Waals surface area contributed by atoms with Crippen molar-refractivity contribution in [1.82, 2.24) is 5.32 Å². The number of amides is 1. The second-order valence-electron chi connectivity index (χ2n) is 3.84. The molecule has 1 rings (SSSR count). The summed E-state index contributed by atoms with van der Waals surface area (Å²) in [5.74, 6) is -0.307. The highest BCUT2D eigenvalue weighted by Crippen LogP contribution is 2.16. The molecule has 0 radical (unpaired) electrons. The summed E-state index contributed by atoms with van der Waals surface area (Å²) in [6, 6.07) is 7.42. The Morgan fingerprint density at radius 3 is 2.67 bits per heavy atom. The molecule has 18 heavy (non-hydrogen) atoms. The number of carbonyl (C=O) groups excluding carboxylic acids is 1. The van der Waals surface area contributed by atoms with Gasteiger partial charge in [-0.15, -0.1) is 0 Å². The van der Waals surface area contributed by atoms with Crippen LogP contribution in [0, 0.1) is 0 Å². The van der Waals surface area contributed by atoms with Gasteiger partial charge < -0.3 is 15.2 Å². The Kier molecular flexibility index (Phi) is 5.70. The molecule has 0 spiro atoms. The Morgan fingerprint density at radius 1 is 1.28 bits per heavy atom. The molecule has 0 aromatic heterocycles. The van der Waals surface area contributed by atoms with Gasteiger partial charge in [0.05, 0.1) is 7.11 Å². The van der Waals surface area contributed by atoms with Crippen molar-refractivity contribution in [2.24, 2.45) is 0 Å². The number of para-hydroxylation sites is 1. The number of carboxylic acids is 1. The lowest BCUT2D eigenvalue weighted by molar-refractivity contribution is -0.137. The maximum absolute atomic E-state index is 11.5. The molecule has 0 saturated heterocycles. The number of hydrogen-bond donors (Lipinski definition) is 2. The monoisotopic (exact) mass is 251 g/mol. The molecular formula is C13H17NO4. The molecule has 5 nitrogen and oxygen atoms in total. The van der Waals surface area contributed by atoms with Crippen molar-refractivity contribution in [3.63, 3.8) is 0 Å². The fourth-order valence-electron chi connectivity index (χ4n) is 1.53. The molecule has 0 fully saturated rings. The number of nitrogens with one attached hydrogen (secondary N) is 1. The first-order valence-electron chi connectivity index (χ1n) is 5.74. The summed E-state index contributed by atoms with van der Waals surface area (Å²) in [6.07, 6.45) is 0.594. The number of carboxylic acid groups (broad SMARTS) is 1. The van der Waals surface area contributed by atoms with Crippen LogP contribution in [0.3, 0.4) is 0 Å². The van der Waals surface area contributed by atoms with Gasteiger partial charge in [-0.05, 0) is 12.5 Å². The standard InChI is InChI=1S/C13H17NO4/c1-18-11-6-3-2-5-10(11)9-14-12(15)7-4-8-13(16)17/h2-3,5-6H,4,7-9H2,1H3,(H,14,15)(H,16,17). The van der Waals surface area contributed by atoms with Crippen LogP contribution in [-0.4, -0.2) is 24.1 Å². The Labute approximate surface area is 106 Å². The van der Waals surface area contributed by atoms with Crippen molar-refractivity contribution in [2.45, 2.75) is 25.8 Å². The fourth-order valence-corrected chi connectivity index (χ4v) is 1.53. The van der Waals surface area contributed by atoms with Gasteiger partial charge in [-0.1, -0.05) is 18.2 Å². The van der Waals surface area contributed by atoms with Gasteiger partial charge in [-0.3, -0.25) is 9.59 Å². The quantitative estimate of drug-likeness (QED) is 0.771. The maximum Gasteiger partial charge on any atom is 0.303 e. The largest absolute Gasteiger partial charge is 0.496 e. The minimum Gasteiger partial charge on any atom is -0.496 e. The smallest absolute Gasteiger partial charge is 0.303 e. The van der Waals surface area contributed by atoms with E-state index in [1.54, 1.807) is 7.11 Å². The molecule has 0 bridgehead atoms. The highest BCUT2D eigenvalue weighted by atomic mass is 16.5. The van der Waals surface area contributed by atoms with E-state index >= 15 is 0 Å². The Morgan fingerprint density at radius 2 is 2.00 bits per heavy atom. The van der Waals surface area contributed by atoms with Gasteiger partial charge in [0.2, 0.25) is 5.91 Å². The van der Waals surface area contributed by atoms with Crippen LogP contribution in [0.2, 0.25) is 0 Å². The van der Waals surface area contributed by atoms with Crippen molar-refractivity contribution in [3.8, 4) is 5.75 Å². The van der Waals surface area contributed by atoms with Gasteiger partial charge >= 0.3 is 5.97 Å². The van der Waals surface area contributed by atoms with Crippen molar-refractivity contribution < 1.29 is 19.4 Å². The molecule has 0 atom stereocenters. The van der Waals surface area contributed by atoms with E-state index in [-0.39, 0.29) is 18.7 Å². The molecule has 0 unspecified atom stereocenters. The van der Waals surface area contributed by atoms with Crippen LogP contribution in [0.1, 0.15) is 24.8 Å². The Hall–Kier alpha value is -2.04. The van der Waals surface area contributed by atoms with E-state index in [0.29, 0.717) is 13.0 Å². The van der Waals surface area contributed by atoms with Crippen molar-refractivity contribution >= 4 is 11.9 Å². The van der Waals surface area contributed by atoms with Gasteiger partial charge in [-0.2, -0.15) is 0 Å². The zero-order chi connectivity index (χ0) is 13.4. The summed E-state index contributed by atoms with van der Waals surface area (Å²) in [6.45, 7) is 0.385. The minimum atomic E-state index is -0.882. The lowest BCUT2D eigenvalue weighted by Crippen LogP contribution is -2.22. The summed E-state index contributed by atoms with van der Waals surface area (Å²) in [7, 11) is 1.58. The lowest BCUT2D eigenvalue weighted by atomic mass is 10.2. The van der Waals surface area contributed by atoms with Crippen LogP contribution in [0.5, 0.6) is 5.75 Å². The van der Waals surface area contributed by atoms with E-state index in [0.717, 1.165) is 11.3 Å². The zero-order valence-electron chi connectivity index (χ0n) is 10.3. The van der Waals surface area contributed by atoms with E-state index < -0.39 is 5.97 Å². The van der Waals surface area contributed by atoms with Crippen molar-refractivity contribution in [3.05, 3.63) is 29.8 Å². The SMILES string of the molecule is COc1ccccc1CNC(=O)CCCC(=O)O. The highest BCUT2D eigenvalue weighted by Gasteiger charge is 2.06. The minimum absolute atomic E-state index is 0.0160. The van der Waals surface area contributed by atoms with Gasteiger partial charge in [0.15, 0.2) is 0 Å². The molecular weight excluding hydrogens is 234 g/mol. The molecule has 0 aliphatic rings. The zero-order valence-corrected chi connectivity index (χ0v) is 10.3. The summed E-state index contributed by atoms with van der Waals surface area (Å²) in [4.78, 5) is 21.7. The van der Waals surface area contributed by atoms with Gasteiger partial charge in [0, 0.05) is 24.9 Å². The average Bonchev–Trinajstić information content (AvgIpc) is 2.36. The third kappa shape index (κ3) is 4.86. The molecule has 0 aliphatic carbocycles. The lowest BCUT2D eigenvalue weighted by Gasteiger charge is -2.09. The van der Waals surface area contributed by atoms with Crippen LogP contribution in [0.25, 0.3) is 0 Å². The molecule has 0 saturated carbocycles. The van der Waals surface area contributed by atoms with E-state index in [1.807, 2.05) is 24.3 Å². The number of ether oxygens (including phenoxy) is 1. The van der Waals surface area contributed by atoms with Crippen LogP contribution in [0.4, 0.5) is 0 Å². The maximum atomic E-state index is 11.5. The third-order valence-corrected chi connectivity index (χ3v) is 2.46. The number of carbonyl (C=O) groups is 2.